The number of carbonyl (C=O) groups is 1. The number of hydrogen-bond donors (Lipinski definition) is 1. The van der Waals surface area contributed by atoms with E-state index < -0.39 is 0 Å². The zero-order valence-electron chi connectivity index (χ0n) is 21.8. The number of anilines is 1. The summed E-state index contributed by atoms with van der Waals surface area (Å²) in [6, 6.07) is 8.69. The van der Waals surface area contributed by atoms with Crippen LogP contribution in [0.2, 0.25) is 0 Å². The fraction of sp³-hybridized carbons (Fsp3) is 0.571. The molecule has 1 fully saturated rings. The first kappa shape index (κ1) is 24.7. The molecule has 0 saturated carbocycles. The molecule has 1 amide bonds. The molecule has 2 unspecified atom stereocenters. The molecule has 0 aliphatic carbocycles. The third kappa shape index (κ3) is 5.69. The maximum absolute atomic E-state index is 12.5. The van der Waals surface area contributed by atoms with Crippen LogP contribution in [0, 0.1) is 18.8 Å². The van der Waals surface area contributed by atoms with Crippen LogP contribution in [0.15, 0.2) is 28.8 Å². The van der Waals surface area contributed by atoms with Crippen molar-refractivity contribution in [1.29, 1.82) is 0 Å². The first-order chi connectivity index (χ1) is 17.5. The van der Waals surface area contributed by atoms with Gasteiger partial charge in [0.15, 0.2) is 0 Å². The van der Waals surface area contributed by atoms with Crippen LogP contribution in [-0.2, 0) is 24.2 Å². The number of piperidine rings is 1. The van der Waals surface area contributed by atoms with Gasteiger partial charge in [-0.15, -0.1) is 0 Å². The lowest BCUT2D eigenvalue weighted by molar-refractivity contribution is -0.121. The molecule has 2 aliphatic rings. The number of aromatic nitrogens is 3. The van der Waals surface area contributed by atoms with Crippen LogP contribution < -0.4 is 10.2 Å². The standard InChI is InChI=1S/C28H38N6O2/c1-19-15-20(2)17-34(16-19)27-26-21(3)32-36-28(26)31-24(30-27)9-10-25(35)29-12-6-13-33-14-11-22-7-4-5-8-23(22)18-33/h4-5,7-8,19-20H,6,9-18H2,1-3H3,(H,29,35). The Hall–Kier alpha value is -3.00. The van der Waals surface area contributed by atoms with Crippen molar-refractivity contribution in [2.24, 2.45) is 11.8 Å². The predicted molar refractivity (Wildman–Crippen MR) is 141 cm³/mol. The Morgan fingerprint density at radius 2 is 1.92 bits per heavy atom. The van der Waals surface area contributed by atoms with Crippen LogP contribution in [0.5, 0.6) is 0 Å². The Bertz CT molecular complexity index is 1200. The molecule has 1 aromatic carbocycles. The van der Waals surface area contributed by atoms with Crippen molar-refractivity contribution in [2.75, 3.05) is 37.6 Å². The fourth-order valence-electron chi connectivity index (χ4n) is 5.78. The normalized spacial score (nSPS) is 20.5. The molecule has 36 heavy (non-hydrogen) atoms. The zero-order chi connectivity index (χ0) is 25.1. The van der Waals surface area contributed by atoms with Gasteiger partial charge in [-0.3, -0.25) is 9.69 Å². The molecular weight excluding hydrogens is 452 g/mol. The Kier molecular flexibility index (Phi) is 7.51. The number of aryl methyl sites for hydroxylation is 2. The number of amides is 1. The molecule has 0 bridgehead atoms. The highest BCUT2D eigenvalue weighted by atomic mass is 16.5. The molecule has 5 rings (SSSR count). The summed E-state index contributed by atoms with van der Waals surface area (Å²) in [4.78, 5) is 26.8. The molecule has 192 valence electrons. The summed E-state index contributed by atoms with van der Waals surface area (Å²) >= 11 is 0. The Morgan fingerprint density at radius 3 is 2.72 bits per heavy atom. The van der Waals surface area contributed by atoms with E-state index in [2.05, 4.69) is 63.4 Å². The van der Waals surface area contributed by atoms with E-state index in [9.17, 15) is 4.79 Å². The van der Waals surface area contributed by atoms with E-state index in [0.717, 1.165) is 62.5 Å². The van der Waals surface area contributed by atoms with E-state index in [0.29, 0.717) is 42.8 Å². The number of hydrogen-bond acceptors (Lipinski definition) is 7. The average Bonchev–Trinajstić information content (AvgIpc) is 3.24. The third-order valence-corrected chi connectivity index (χ3v) is 7.46. The minimum Gasteiger partial charge on any atom is -0.356 e. The Balaban J connectivity index is 1.13. The molecule has 3 aromatic rings. The van der Waals surface area contributed by atoms with E-state index in [1.54, 1.807) is 0 Å². The zero-order valence-corrected chi connectivity index (χ0v) is 21.8. The molecule has 2 atom stereocenters. The Morgan fingerprint density at radius 1 is 1.14 bits per heavy atom. The van der Waals surface area contributed by atoms with Crippen molar-refractivity contribution in [3.8, 4) is 0 Å². The second kappa shape index (κ2) is 10.9. The van der Waals surface area contributed by atoms with Crippen molar-refractivity contribution in [3.05, 3.63) is 46.9 Å². The minimum atomic E-state index is 0.0400. The van der Waals surface area contributed by atoms with Gasteiger partial charge >= 0.3 is 0 Å². The monoisotopic (exact) mass is 490 g/mol. The molecule has 2 aromatic heterocycles. The van der Waals surface area contributed by atoms with Crippen molar-refractivity contribution >= 4 is 22.8 Å². The molecule has 0 spiro atoms. The number of nitrogens with one attached hydrogen (secondary N) is 1. The van der Waals surface area contributed by atoms with Gasteiger partial charge in [0.05, 0.1) is 5.69 Å². The van der Waals surface area contributed by atoms with Crippen LogP contribution in [0.4, 0.5) is 5.82 Å². The second-order valence-corrected chi connectivity index (χ2v) is 10.8. The first-order valence-corrected chi connectivity index (χ1v) is 13.4. The van der Waals surface area contributed by atoms with Crippen LogP contribution in [0.25, 0.3) is 11.1 Å². The fourth-order valence-corrected chi connectivity index (χ4v) is 5.78. The highest BCUT2D eigenvalue weighted by Gasteiger charge is 2.27. The SMILES string of the molecule is Cc1noc2nc(CCC(=O)NCCCN3CCc4ccccc4C3)nc(N3CC(C)CC(C)C3)c12. The van der Waals surface area contributed by atoms with Gasteiger partial charge in [0, 0.05) is 52.1 Å². The second-order valence-electron chi connectivity index (χ2n) is 10.8. The Labute approximate surface area is 213 Å². The van der Waals surface area contributed by atoms with Gasteiger partial charge in [-0.2, -0.15) is 4.98 Å². The van der Waals surface area contributed by atoms with Gasteiger partial charge in [-0.1, -0.05) is 43.3 Å². The van der Waals surface area contributed by atoms with Gasteiger partial charge in [0.1, 0.15) is 17.0 Å². The summed E-state index contributed by atoms with van der Waals surface area (Å²) in [5, 5.41) is 8.11. The van der Waals surface area contributed by atoms with E-state index in [1.807, 2.05) is 6.92 Å². The van der Waals surface area contributed by atoms with Gasteiger partial charge in [0.25, 0.3) is 5.71 Å². The van der Waals surface area contributed by atoms with Crippen LogP contribution in [0.3, 0.4) is 0 Å². The molecule has 1 N–H and O–H groups in total. The predicted octanol–water partition coefficient (Wildman–Crippen LogP) is 3.91. The number of fused-ring (bicyclic) bond motifs is 2. The van der Waals surface area contributed by atoms with Gasteiger partial charge in [0.2, 0.25) is 5.91 Å². The van der Waals surface area contributed by atoms with Crippen LogP contribution in [0.1, 0.15) is 55.8 Å². The summed E-state index contributed by atoms with van der Waals surface area (Å²) in [6.45, 7) is 12.2. The lowest BCUT2D eigenvalue weighted by atomic mass is 9.92. The summed E-state index contributed by atoms with van der Waals surface area (Å²) < 4.78 is 5.51. The summed E-state index contributed by atoms with van der Waals surface area (Å²) in [6.07, 6.45) is 4.13. The van der Waals surface area contributed by atoms with Crippen LogP contribution >= 0.6 is 0 Å². The van der Waals surface area contributed by atoms with E-state index in [1.165, 1.54) is 17.5 Å². The third-order valence-electron chi connectivity index (χ3n) is 7.46. The molecule has 8 nitrogen and oxygen atoms in total. The molecule has 0 radical (unpaired) electrons. The summed E-state index contributed by atoms with van der Waals surface area (Å²) in [7, 11) is 0. The van der Waals surface area contributed by atoms with E-state index >= 15 is 0 Å². The van der Waals surface area contributed by atoms with Crippen molar-refractivity contribution in [3.63, 3.8) is 0 Å². The average molecular weight is 491 g/mol. The summed E-state index contributed by atoms with van der Waals surface area (Å²) in [5.74, 6) is 2.79. The number of nitrogens with zero attached hydrogens (tertiary/aromatic N) is 5. The van der Waals surface area contributed by atoms with Crippen molar-refractivity contribution < 1.29 is 9.32 Å². The van der Waals surface area contributed by atoms with E-state index in [-0.39, 0.29) is 5.91 Å². The maximum Gasteiger partial charge on any atom is 0.263 e. The van der Waals surface area contributed by atoms with E-state index in [4.69, 9.17) is 9.51 Å². The number of carbonyl (C=O) groups excluding carboxylic acids is 1. The van der Waals surface area contributed by atoms with Crippen LogP contribution in [-0.4, -0.2) is 58.7 Å². The lowest BCUT2D eigenvalue weighted by Crippen LogP contribution is -2.39. The van der Waals surface area contributed by atoms with Crippen molar-refractivity contribution in [1.82, 2.24) is 25.3 Å². The van der Waals surface area contributed by atoms with Gasteiger partial charge in [-0.25, -0.2) is 4.98 Å². The highest BCUT2D eigenvalue weighted by Crippen LogP contribution is 2.32. The molecular formula is C28H38N6O2. The smallest absolute Gasteiger partial charge is 0.263 e. The van der Waals surface area contributed by atoms with Gasteiger partial charge < -0.3 is 14.7 Å². The summed E-state index contributed by atoms with van der Waals surface area (Å²) in [5.41, 5.74) is 4.23. The molecule has 8 heteroatoms. The maximum atomic E-state index is 12.5. The topological polar surface area (TPSA) is 87.4 Å². The molecule has 1 saturated heterocycles. The van der Waals surface area contributed by atoms with Gasteiger partial charge in [-0.05, 0) is 49.1 Å². The lowest BCUT2D eigenvalue weighted by Gasteiger charge is -2.36. The highest BCUT2D eigenvalue weighted by molar-refractivity contribution is 5.88. The largest absolute Gasteiger partial charge is 0.356 e. The quantitative estimate of drug-likeness (QED) is 0.479. The van der Waals surface area contributed by atoms with Crippen molar-refractivity contribution in [2.45, 2.75) is 59.4 Å². The minimum absolute atomic E-state index is 0.0400. The number of benzene rings is 1. The molecule has 2 aliphatic heterocycles. The molecule has 4 heterocycles. The first-order valence-electron chi connectivity index (χ1n) is 13.4. The number of rotatable bonds is 8.